The van der Waals surface area contributed by atoms with Gasteiger partial charge in [0.25, 0.3) is 0 Å². The lowest BCUT2D eigenvalue weighted by molar-refractivity contribution is -0.137. The first kappa shape index (κ1) is 52.8. The molecule has 3 aromatic heterocycles. The highest BCUT2D eigenvalue weighted by Crippen LogP contribution is 2.61. The molecule has 31 heteroatoms. The number of thioether (sulfide) groups is 1. The zero-order chi connectivity index (χ0) is 49.8. The standard InChI is InChI=1S/C37H46FN8O18P3S/c1-19(21-6-9-24-23(14-21)45-34(61-24)20-4-7-22(38)8-5-20)36(51)68-13-12-40-26(47)10-11-41-33(50)30(49)37(2,3)16-60-67(57,58)64-66(55,56)59-15-25-29(63-65(52,53)54)28(48)35(62-25)46-18-44-27-31(39)42-17-43-32(27)46/h4-9,14,17-19,25,28-30,35,48-49H,10-13,15-16H2,1-3H3,(H,40,47)(H,41,50)(H,55,56)(H,57,58)(H2,39,42,43)(H2,52,53,54)/t19-,25-,28-,29-,30?,35-/m1/s1. The molecule has 5 aromatic rings. The summed E-state index contributed by atoms with van der Waals surface area (Å²) in [6.07, 6.45) is -7.09. The molecular formula is C37H46FN8O18P3S. The lowest BCUT2D eigenvalue weighted by atomic mass is 9.87. The number of fused-ring (bicyclic) bond motifs is 2. The Morgan fingerprint density at radius 1 is 1.00 bits per heavy atom. The van der Waals surface area contributed by atoms with Crippen LogP contribution in [0.15, 0.2) is 59.5 Å². The fourth-order valence-corrected chi connectivity index (χ4v) is 10.1. The molecule has 4 heterocycles. The highest BCUT2D eigenvalue weighted by Gasteiger charge is 2.50. The van der Waals surface area contributed by atoms with Crippen LogP contribution < -0.4 is 16.4 Å². The number of carbonyl (C=O) groups excluding carboxylic acids is 3. The highest BCUT2D eigenvalue weighted by atomic mass is 32.2. The summed E-state index contributed by atoms with van der Waals surface area (Å²) in [6.45, 7) is 2.01. The van der Waals surface area contributed by atoms with Crippen molar-refractivity contribution in [3.05, 3.63) is 66.5 Å². The Hall–Kier alpha value is -4.60. The number of nitrogen functional groups attached to an aromatic ring is 1. The molecule has 1 aliphatic rings. The predicted molar refractivity (Wildman–Crippen MR) is 235 cm³/mol. The van der Waals surface area contributed by atoms with E-state index >= 15 is 0 Å². The third-order valence-corrected chi connectivity index (χ3v) is 14.2. The van der Waals surface area contributed by atoms with Crippen molar-refractivity contribution in [1.29, 1.82) is 0 Å². The number of hydrogen-bond acceptors (Lipinski definition) is 20. The molecule has 2 aromatic carbocycles. The molecule has 68 heavy (non-hydrogen) atoms. The van der Waals surface area contributed by atoms with E-state index in [9.17, 15) is 62.3 Å². The lowest BCUT2D eigenvalue weighted by Crippen LogP contribution is -2.46. The second-order valence-electron chi connectivity index (χ2n) is 15.7. The first-order valence-electron chi connectivity index (χ1n) is 20.0. The summed E-state index contributed by atoms with van der Waals surface area (Å²) in [7, 11) is -16.5. The lowest BCUT2D eigenvalue weighted by Gasteiger charge is -2.30. The number of nitrogens with two attached hydrogens (primary N) is 1. The van der Waals surface area contributed by atoms with E-state index in [4.69, 9.17) is 23.9 Å². The van der Waals surface area contributed by atoms with Crippen LogP contribution >= 0.6 is 35.2 Å². The topological polar surface area (TPSA) is 390 Å². The van der Waals surface area contributed by atoms with Crippen molar-refractivity contribution in [2.75, 3.05) is 37.8 Å². The van der Waals surface area contributed by atoms with Gasteiger partial charge in [-0.25, -0.2) is 38.0 Å². The second-order valence-corrected chi connectivity index (χ2v) is 21.0. The summed E-state index contributed by atoms with van der Waals surface area (Å²) in [5, 5.41) is 26.4. The van der Waals surface area contributed by atoms with Crippen molar-refractivity contribution in [2.45, 2.75) is 63.8 Å². The molecule has 26 nitrogen and oxygen atoms in total. The minimum absolute atomic E-state index is 0.0202. The van der Waals surface area contributed by atoms with Gasteiger partial charge in [0.15, 0.2) is 28.4 Å². The Bertz CT molecular complexity index is 2780. The van der Waals surface area contributed by atoms with E-state index in [2.05, 4.69) is 39.4 Å². The number of anilines is 1. The molecule has 8 atom stereocenters. The summed E-state index contributed by atoms with van der Waals surface area (Å²) < 4.78 is 81.5. The fraction of sp³-hybridized carbons (Fsp3) is 0.432. The number of aliphatic hydroxyl groups is 2. The number of imidazole rings is 1. The van der Waals surface area contributed by atoms with Crippen LogP contribution in [0.1, 0.15) is 44.9 Å². The van der Waals surface area contributed by atoms with Crippen LogP contribution in [0, 0.1) is 11.2 Å². The summed E-state index contributed by atoms with van der Waals surface area (Å²) in [6, 6.07) is 10.8. The molecule has 0 radical (unpaired) electrons. The number of ether oxygens (including phenoxy) is 1. The zero-order valence-electron chi connectivity index (χ0n) is 35.9. The van der Waals surface area contributed by atoms with Crippen LogP contribution in [0.25, 0.3) is 33.7 Å². The van der Waals surface area contributed by atoms with Crippen LogP contribution in [-0.2, 0) is 50.7 Å². The van der Waals surface area contributed by atoms with Gasteiger partial charge in [0.05, 0.1) is 25.5 Å². The number of amides is 2. The average molecular weight is 1030 g/mol. The van der Waals surface area contributed by atoms with Gasteiger partial charge < -0.3 is 55.3 Å². The molecule has 2 amide bonds. The smallest absolute Gasteiger partial charge is 0.436 e. The van der Waals surface area contributed by atoms with Crippen molar-refractivity contribution in [3.8, 4) is 11.5 Å². The largest absolute Gasteiger partial charge is 0.481 e. The summed E-state index contributed by atoms with van der Waals surface area (Å²) >= 11 is 1.00. The normalized spacial score (nSPS) is 20.4. The summed E-state index contributed by atoms with van der Waals surface area (Å²) in [5.41, 5.74) is 6.51. The van der Waals surface area contributed by atoms with Crippen LogP contribution in [0.5, 0.6) is 0 Å². The van der Waals surface area contributed by atoms with E-state index < -0.39 is 96.3 Å². The quantitative estimate of drug-likeness (QED) is 0.0355. The number of aromatic nitrogens is 5. The maximum Gasteiger partial charge on any atom is 0.481 e. The molecule has 0 bridgehead atoms. The Morgan fingerprint density at radius 3 is 2.41 bits per heavy atom. The molecule has 0 saturated carbocycles. The molecule has 1 fully saturated rings. The van der Waals surface area contributed by atoms with Crippen molar-refractivity contribution >= 4 is 80.2 Å². The molecule has 370 valence electrons. The maximum atomic E-state index is 13.3. The van der Waals surface area contributed by atoms with Crippen LogP contribution in [-0.4, -0.2) is 128 Å². The predicted octanol–water partition coefficient (Wildman–Crippen LogP) is 2.42. The van der Waals surface area contributed by atoms with Gasteiger partial charge in [0, 0.05) is 36.2 Å². The third kappa shape index (κ3) is 13.6. The number of halogens is 1. The Kier molecular flexibility index (Phi) is 16.7. The van der Waals surface area contributed by atoms with E-state index in [1.54, 1.807) is 37.3 Å². The molecule has 0 aliphatic carbocycles. The van der Waals surface area contributed by atoms with Crippen LogP contribution in [0.3, 0.4) is 0 Å². The molecule has 0 spiro atoms. The minimum atomic E-state index is -5.60. The third-order valence-electron chi connectivity index (χ3n) is 10.1. The number of nitrogens with one attached hydrogen (secondary N) is 2. The highest BCUT2D eigenvalue weighted by molar-refractivity contribution is 8.13. The van der Waals surface area contributed by atoms with Gasteiger partial charge in [-0.05, 0) is 42.0 Å². The Morgan fingerprint density at radius 2 is 1.71 bits per heavy atom. The molecular weight excluding hydrogens is 988 g/mol. The van der Waals surface area contributed by atoms with Crippen molar-refractivity contribution in [2.24, 2.45) is 5.41 Å². The van der Waals surface area contributed by atoms with Gasteiger partial charge in [-0.2, -0.15) is 4.31 Å². The van der Waals surface area contributed by atoms with Crippen molar-refractivity contribution in [1.82, 2.24) is 35.1 Å². The van der Waals surface area contributed by atoms with Gasteiger partial charge >= 0.3 is 23.5 Å². The van der Waals surface area contributed by atoms with Crippen LogP contribution in [0.4, 0.5) is 10.2 Å². The average Bonchev–Trinajstić information content (AvgIpc) is 3.98. The number of rotatable bonds is 22. The van der Waals surface area contributed by atoms with Gasteiger partial charge in [-0.15, -0.1) is 0 Å². The monoisotopic (exact) mass is 1030 g/mol. The maximum absolute atomic E-state index is 13.3. The molecule has 6 rings (SSSR count). The van der Waals surface area contributed by atoms with Crippen molar-refractivity contribution < 1.29 is 89.3 Å². The minimum Gasteiger partial charge on any atom is -0.436 e. The van der Waals surface area contributed by atoms with E-state index in [1.807, 2.05) is 0 Å². The number of aliphatic hydroxyl groups excluding tert-OH is 2. The molecule has 1 saturated heterocycles. The Balaban J connectivity index is 0.901. The van der Waals surface area contributed by atoms with E-state index in [-0.39, 0.29) is 47.4 Å². The molecule has 10 N–H and O–H groups in total. The van der Waals surface area contributed by atoms with E-state index in [0.717, 1.165) is 29.0 Å². The zero-order valence-corrected chi connectivity index (χ0v) is 39.4. The summed E-state index contributed by atoms with van der Waals surface area (Å²) in [5.74, 6) is -1.93. The summed E-state index contributed by atoms with van der Waals surface area (Å²) in [4.78, 5) is 93.7. The second kappa shape index (κ2) is 21.6. The number of carbonyl (C=O) groups is 3. The number of hydrogen-bond donors (Lipinski definition) is 9. The van der Waals surface area contributed by atoms with Gasteiger partial charge in [-0.3, -0.25) is 32.5 Å². The van der Waals surface area contributed by atoms with Gasteiger partial charge in [-0.1, -0.05) is 38.6 Å². The number of oxazole rings is 1. The molecule has 3 unspecified atom stereocenters. The first-order valence-corrected chi connectivity index (χ1v) is 25.6. The number of nitrogens with zero attached hydrogens (tertiary/aromatic N) is 5. The van der Waals surface area contributed by atoms with Crippen molar-refractivity contribution in [3.63, 3.8) is 0 Å². The Labute approximate surface area is 388 Å². The molecule has 1 aliphatic heterocycles. The number of phosphoric ester groups is 3. The SMILES string of the molecule is C[C@@H](C(=O)SCCNC(=O)CCNC(=O)C(O)C(C)(C)COP(=O)(O)OP(=O)(O)OC[C@H]1O[C@@H](n2cnc3c(N)ncnc32)[C@H](O)[C@@H]1OP(=O)(O)O)c1ccc2oc(-c3ccc(F)cc3)nc2c1. The van der Waals surface area contributed by atoms with Gasteiger partial charge in [0.1, 0.15) is 47.6 Å². The number of phosphoric acid groups is 3. The number of benzene rings is 2. The first-order chi connectivity index (χ1) is 31.8. The fourth-order valence-electron chi connectivity index (χ4n) is 6.47. The van der Waals surface area contributed by atoms with Gasteiger partial charge in [0.2, 0.25) is 17.7 Å². The van der Waals surface area contributed by atoms with E-state index in [1.165, 1.54) is 26.0 Å². The van der Waals surface area contributed by atoms with E-state index in [0.29, 0.717) is 28.1 Å². The van der Waals surface area contributed by atoms with Crippen LogP contribution in [0.2, 0.25) is 0 Å².